The standard InChI is InChI=1S/C15H20O5/c1-18-12-8-11(20-15(17)9-12)5-3-10-4-6-14(19-2)13(16)7-10/h4,6-7,9,11,15-17H,3,5,8H2,1-2H3. The number of hydrogen-bond acceptors (Lipinski definition) is 5. The van der Waals surface area contributed by atoms with Gasteiger partial charge in [0.25, 0.3) is 0 Å². The van der Waals surface area contributed by atoms with E-state index >= 15 is 0 Å². The molecule has 1 aliphatic rings. The van der Waals surface area contributed by atoms with Gasteiger partial charge in [-0.15, -0.1) is 0 Å². The fraction of sp³-hybridized carbons (Fsp3) is 0.467. The van der Waals surface area contributed by atoms with Gasteiger partial charge in [-0.05, 0) is 30.5 Å². The molecule has 0 saturated carbocycles. The molecule has 2 rings (SSSR count). The average Bonchev–Trinajstić information content (AvgIpc) is 2.44. The normalized spacial score (nSPS) is 22.2. The van der Waals surface area contributed by atoms with Crippen molar-refractivity contribution in [3.05, 3.63) is 35.6 Å². The number of hydrogen-bond donors (Lipinski definition) is 2. The minimum Gasteiger partial charge on any atom is -0.504 e. The van der Waals surface area contributed by atoms with Gasteiger partial charge in [0.05, 0.1) is 26.1 Å². The minimum absolute atomic E-state index is 0.0887. The van der Waals surface area contributed by atoms with Crippen LogP contribution in [0.4, 0.5) is 0 Å². The number of aryl methyl sites for hydroxylation is 1. The first-order chi connectivity index (χ1) is 9.62. The van der Waals surface area contributed by atoms with Crippen molar-refractivity contribution in [1.82, 2.24) is 0 Å². The van der Waals surface area contributed by atoms with Crippen molar-refractivity contribution in [2.45, 2.75) is 31.7 Å². The van der Waals surface area contributed by atoms with Crippen LogP contribution in [0.1, 0.15) is 18.4 Å². The Morgan fingerprint density at radius 1 is 1.30 bits per heavy atom. The van der Waals surface area contributed by atoms with Gasteiger partial charge in [0.1, 0.15) is 0 Å². The van der Waals surface area contributed by atoms with Crippen LogP contribution in [0.25, 0.3) is 0 Å². The van der Waals surface area contributed by atoms with Gasteiger partial charge in [-0.1, -0.05) is 6.07 Å². The van der Waals surface area contributed by atoms with E-state index in [1.165, 1.54) is 7.11 Å². The lowest BCUT2D eigenvalue weighted by atomic mass is 10.0. The van der Waals surface area contributed by atoms with Crippen LogP contribution in [0.2, 0.25) is 0 Å². The Balaban J connectivity index is 1.92. The van der Waals surface area contributed by atoms with Crippen molar-refractivity contribution in [2.24, 2.45) is 0 Å². The van der Waals surface area contributed by atoms with Crippen LogP contribution in [0.3, 0.4) is 0 Å². The second kappa shape index (κ2) is 6.63. The topological polar surface area (TPSA) is 68.2 Å². The molecule has 0 amide bonds. The zero-order valence-corrected chi connectivity index (χ0v) is 11.7. The summed E-state index contributed by atoms with van der Waals surface area (Å²) in [5.41, 5.74) is 0.995. The monoisotopic (exact) mass is 280 g/mol. The summed E-state index contributed by atoms with van der Waals surface area (Å²) >= 11 is 0. The Morgan fingerprint density at radius 2 is 2.10 bits per heavy atom. The molecule has 0 spiro atoms. The van der Waals surface area contributed by atoms with Crippen molar-refractivity contribution < 1.29 is 24.4 Å². The molecule has 5 nitrogen and oxygen atoms in total. The molecule has 0 aliphatic carbocycles. The zero-order chi connectivity index (χ0) is 14.5. The molecule has 5 heteroatoms. The predicted octanol–water partition coefficient (Wildman–Crippen LogP) is 1.97. The van der Waals surface area contributed by atoms with E-state index in [0.717, 1.165) is 24.2 Å². The Hall–Kier alpha value is -1.72. The molecule has 1 aromatic rings. The van der Waals surface area contributed by atoms with Crippen molar-refractivity contribution in [2.75, 3.05) is 14.2 Å². The Labute approximate surface area is 118 Å². The fourth-order valence-electron chi connectivity index (χ4n) is 2.28. The smallest absolute Gasteiger partial charge is 0.177 e. The molecule has 0 fully saturated rings. The van der Waals surface area contributed by atoms with E-state index in [1.807, 2.05) is 6.07 Å². The summed E-state index contributed by atoms with van der Waals surface area (Å²) in [5.74, 6) is 1.33. The van der Waals surface area contributed by atoms with Crippen molar-refractivity contribution in [3.8, 4) is 11.5 Å². The number of aromatic hydroxyl groups is 1. The number of ether oxygens (including phenoxy) is 3. The fourth-order valence-corrected chi connectivity index (χ4v) is 2.28. The summed E-state index contributed by atoms with van der Waals surface area (Å²) in [5, 5.41) is 19.3. The van der Waals surface area contributed by atoms with E-state index in [-0.39, 0.29) is 11.9 Å². The summed E-state index contributed by atoms with van der Waals surface area (Å²) in [7, 11) is 3.10. The number of phenols is 1. The first-order valence-corrected chi connectivity index (χ1v) is 6.56. The summed E-state index contributed by atoms with van der Waals surface area (Å²) in [4.78, 5) is 0. The number of aliphatic hydroxyl groups excluding tert-OH is 1. The lowest BCUT2D eigenvalue weighted by molar-refractivity contribution is -0.121. The van der Waals surface area contributed by atoms with Crippen molar-refractivity contribution in [3.63, 3.8) is 0 Å². The van der Waals surface area contributed by atoms with Gasteiger partial charge in [0, 0.05) is 12.5 Å². The maximum Gasteiger partial charge on any atom is 0.177 e. The Bertz CT molecular complexity index is 483. The van der Waals surface area contributed by atoms with Gasteiger partial charge in [0.15, 0.2) is 17.8 Å². The first-order valence-electron chi connectivity index (χ1n) is 6.56. The van der Waals surface area contributed by atoms with Gasteiger partial charge in [-0.2, -0.15) is 0 Å². The SMILES string of the molecule is COC1=CC(O)OC(CCc2ccc(OC)c(O)c2)C1. The van der Waals surface area contributed by atoms with Crippen LogP contribution in [0.5, 0.6) is 11.5 Å². The highest BCUT2D eigenvalue weighted by Crippen LogP contribution is 2.28. The molecule has 20 heavy (non-hydrogen) atoms. The molecule has 0 bridgehead atoms. The van der Waals surface area contributed by atoms with Gasteiger partial charge in [0.2, 0.25) is 0 Å². The van der Waals surface area contributed by atoms with Crippen LogP contribution in [0, 0.1) is 0 Å². The largest absolute Gasteiger partial charge is 0.504 e. The third-order valence-electron chi connectivity index (χ3n) is 3.35. The average molecular weight is 280 g/mol. The highest BCUT2D eigenvalue weighted by Gasteiger charge is 2.21. The predicted molar refractivity (Wildman–Crippen MR) is 73.6 cm³/mol. The third kappa shape index (κ3) is 3.65. The van der Waals surface area contributed by atoms with Gasteiger partial charge in [-0.3, -0.25) is 0 Å². The molecule has 2 unspecified atom stereocenters. The van der Waals surface area contributed by atoms with E-state index in [2.05, 4.69) is 0 Å². The molecule has 1 aromatic carbocycles. The highest BCUT2D eigenvalue weighted by atomic mass is 16.6. The van der Waals surface area contributed by atoms with Crippen LogP contribution < -0.4 is 4.74 Å². The van der Waals surface area contributed by atoms with E-state index in [9.17, 15) is 10.2 Å². The van der Waals surface area contributed by atoms with Crippen LogP contribution >= 0.6 is 0 Å². The summed E-state index contributed by atoms with van der Waals surface area (Å²) in [6.07, 6.45) is 2.70. The molecule has 1 aliphatic heterocycles. The number of phenolic OH excluding ortho intramolecular Hbond substituents is 1. The van der Waals surface area contributed by atoms with Crippen LogP contribution in [-0.4, -0.2) is 36.8 Å². The molecule has 0 radical (unpaired) electrons. The molecular formula is C15H20O5. The Morgan fingerprint density at radius 3 is 2.75 bits per heavy atom. The third-order valence-corrected chi connectivity index (χ3v) is 3.35. The number of methoxy groups -OCH3 is 2. The van der Waals surface area contributed by atoms with Crippen molar-refractivity contribution in [1.29, 1.82) is 0 Å². The van der Waals surface area contributed by atoms with E-state index < -0.39 is 6.29 Å². The number of aliphatic hydroxyl groups is 1. The number of benzene rings is 1. The lowest BCUT2D eigenvalue weighted by Gasteiger charge is -2.26. The number of rotatable bonds is 5. The van der Waals surface area contributed by atoms with Gasteiger partial charge in [-0.25, -0.2) is 0 Å². The minimum atomic E-state index is -0.909. The second-order valence-electron chi connectivity index (χ2n) is 4.73. The van der Waals surface area contributed by atoms with E-state index in [0.29, 0.717) is 12.2 Å². The zero-order valence-electron chi connectivity index (χ0n) is 11.7. The van der Waals surface area contributed by atoms with Gasteiger partial charge >= 0.3 is 0 Å². The Kier molecular flexibility index (Phi) is 4.87. The van der Waals surface area contributed by atoms with Crippen molar-refractivity contribution >= 4 is 0 Å². The first kappa shape index (κ1) is 14.7. The highest BCUT2D eigenvalue weighted by molar-refractivity contribution is 5.41. The molecular weight excluding hydrogens is 260 g/mol. The quantitative estimate of drug-likeness (QED) is 0.863. The molecule has 0 aromatic heterocycles. The summed E-state index contributed by atoms with van der Waals surface area (Å²) in [6, 6.07) is 5.33. The van der Waals surface area contributed by atoms with Crippen LogP contribution in [-0.2, 0) is 15.9 Å². The maximum atomic E-state index is 9.73. The van der Waals surface area contributed by atoms with Crippen LogP contribution in [0.15, 0.2) is 30.0 Å². The molecule has 0 saturated heterocycles. The van der Waals surface area contributed by atoms with Gasteiger partial charge < -0.3 is 24.4 Å². The molecule has 1 heterocycles. The lowest BCUT2D eigenvalue weighted by Crippen LogP contribution is -2.27. The molecule has 110 valence electrons. The van der Waals surface area contributed by atoms with E-state index in [4.69, 9.17) is 14.2 Å². The maximum absolute atomic E-state index is 9.73. The second-order valence-corrected chi connectivity index (χ2v) is 4.73. The summed E-state index contributed by atoms with van der Waals surface area (Å²) in [6.45, 7) is 0. The molecule has 2 N–H and O–H groups in total. The summed E-state index contributed by atoms with van der Waals surface area (Å²) < 4.78 is 15.6. The molecule has 2 atom stereocenters. The van der Waals surface area contributed by atoms with E-state index in [1.54, 1.807) is 25.3 Å².